The van der Waals surface area contributed by atoms with Gasteiger partial charge in [-0.2, -0.15) is 9.97 Å². The fourth-order valence-corrected chi connectivity index (χ4v) is 6.17. The SMILES string of the molecule is [2H]c1c([2H])c(-c2ccc3cc(-c4ccc5ccccc5c4)ccc3c2)c([2H])c(-c2nc(Cl)nc(-c3ccc4oc5ccccc5c4c3)n2)c1[2H]. The first kappa shape index (κ1) is 22.6. The van der Waals surface area contributed by atoms with Crippen molar-refractivity contribution in [3.8, 4) is 45.0 Å². The van der Waals surface area contributed by atoms with Gasteiger partial charge in [-0.15, -0.1) is 0 Å². The molecule has 46 heavy (non-hydrogen) atoms. The minimum atomic E-state index is -0.331. The van der Waals surface area contributed by atoms with Crippen LogP contribution < -0.4 is 0 Å². The molecule has 0 spiro atoms. The van der Waals surface area contributed by atoms with Gasteiger partial charge in [-0.1, -0.05) is 97.0 Å². The molecule has 0 N–H and O–H groups in total. The Morgan fingerprint density at radius 2 is 1.04 bits per heavy atom. The Morgan fingerprint density at radius 3 is 1.83 bits per heavy atom. The average Bonchev–Trinajstić information content (AvgIpc) is 3.51. The number of para-hydroxylation sites is 1. The van der Waals surface area contributed by atoms with Gasteiger partial charge < -0.3 is 4.42 Å². The monoisotopic (exact) mass is 613 g/mol. The van der Waals surface area contributed by atoms with Crippen LogP contribution in [0.2, 0.25) is 5.28 Å². The molecule has 9 aromatic rings. The maximum Gasteiger partial charge on any atom is 0.226 e. The number of fused-ring (bicyclic) bond motifs is 5. The van der Waals surface area contributed by atoms with Crippen molar-refractivity contribution in [2.75, 3.05) is 0 Å². The number of hydrogen-bond acceptors (Lipinski definition) is 4. The van der Waals surface area contributed by atoms with Crippen molar-refractivity contribution >= 4 is 55.1 Å². The van der Waals surface area contributed by atoms with Gasteiger partial charge in [0.25, 0.3) is 0 Å². The predicted molar refractivity (Wildman–Crippen MR) is 189 cm³/mol. The van der Waals surface area contributed by atoms with Crippen molar-refractivity contribution < 1.29 is 9.90 Å². The molecule has 0 amide bonds. The Hall–Kier alpha value is -5.84. The molecule has 0 aliphatic rings. The average molecular weight is 614 g/mol. The summed E-state index contributed by atoms with van der Waals surface area (Å²) in [5.41, 5.74) is 5.12. The van der Waals surface area contributed by atoms with Crippen molar-refractivity contribution in [3.63, 3.8) is 0 Å². The maximum absolute atomic E-state index is 9.26. The highest BCUT2D eigenvalue weighted by Gasteiger charge is 2.14. The lowest BCUT2D eigenvalue weighted by Crippen LogP contribution is -1.97. The van der Waals surface area contributed by atoms with Crippen LogP contribution in [-0.4, -0.2) is 15.0 Å². The number of halogens is 1. The second-order valence-corrected chi connectivity index (χ2v) is 11.5. The van der Waals surface area contributed by atoms with Gasteiger partial charge in [-0.05, 0) is 104 Å². The number of aromatic nitrogens is 3. The van der Waals surface area contributed by atoms with Crippen molar-refractivity contribution in [1.82, 2.24) is 15.0 Å². The second-order valence-electron chi connectivity index (χ2n) is 11.1. The van der Waals surface area contributed by atoms with Gasteiger partial charge in [0.15, 0.2) is 11.6 Å². The van der Waals surface area contributed by atoms with Gasteiger partial charge in [-0.3, -0.25) is 0 Å². The summed E-state index contributed by atoms with van der Waals surface area (Å²) in [6, 6.07) is 38.9. The number of nitrogens with zero attached hydrogens (tertiary/aromatic N) is 3. The van der Waals surface area contributed by atoms with Crippen LogP contribution in [0.5, 0.6) is 0 Å². The third-order valence-corrected chi connectivity index (χ3v) is 8.47. The zero-order valence-electron chi connectivity index (χ0n) is 28.2. The van der Waals surface area contributed by atoms with Crippen LogP contribution in [0.3, 0.4) is 0 Å². The summed E-state index contributed by atoms with van der Waals surface area (Å²) in [7, 11) is 0. The van der Waals surface area contributed by atoms with Crippen LogP contribution in [-0.2, 0) is 0 Å². The van der Waals surface area contributed by atoms with Crippen molar-refractivity contribution in [2.45, 2.75) is 0 Å². The zero-order chi connectivity index (χ0) is 34.1. The molecule has 0 radical (unpaired) electrons. The van der Waals surface area contributed by atoms with Crippen LogP contribution in [0.25, 0.3) is 88.5 Å². The van der Waals surface area contributed by atoms with E-state index in [-0.39, 0.29) is 52.2 Å². The van der Waals surface area contributed by atoms with Crippen LogP contribution in [0.1, 0.15) is 5.48 Å². The van der Waals surface area contributed by atoms with E-state index in [9.17, 15) is 1.37 Å². The van der Waals surface area contributed by atoms with E-state index in [1.165, 1.54) is 10.8 Å². The Bertz CT molecular complexity index is 2850. The highest BCUT2D eigenvalue weighted by Crippen LogP contribution is 2.34. The summed E-state index contributed by atoms with van der Waals surface area (Å²) in [5.74, 6) is 0.240. The normalized spacial score (nSPS) is 12.8. The van der Waals surface area contributed by atoms with E-state index in [1.807, 2.05) is 78.9 Å². The van der Waals surface area contributed by atoms with Crippen LogP contribution in [0, 0.1) is 0 Å². The van der Waals surface area contributed by atoms with Gasteiger partial charge in [0.05, 0.1) is 5.48 Å². The largest absolute Gasteiger partial charge is 0.456 e. The van der Waals surface area contributed by atoms with Gasteiger partial charge in [-0.25, -0.2) is 4.98 Å². The molecule has 0 saturated carbocycles. The molecular weight excluding hydrogens is 586 g/mol. The second kappa shape index (κ2) is 10.7. The number of rotatable bonds is 4. The van der Waals surface area contributed by atoms with Crippen LogP contribution >= 0.6 is 11.6 Å². The Balaban J connectivity index is 1.14. The summed E-state index contributed by atoms with van der Waals surface area (Å²) in [6.07, 6.45) is 0. The summed E-state index contributed by atoms with van der Waals surface area (Å²) in [6.45, 7) is 0. The molecule has 0 aliphatic carbocycles. The lowest BCUT2D eigenvalue weighted by atomic mass is 9.96. The smallest absolute Gasteiger partial charge is 0.226 e. The molecule has 0 atom stereocenters. The van der Waals surface area contributed by atoms with E-state index < -0.39 is 0 Å². The molecule has 9 rings (SSSR count). The quantitative estimate of drug-likeness (QED) is 0.198. The van der Waals surface area contributed by atoms with Crippen LogP contribution in [0.15, 0.2) is 150 Å². The first-order valence-electron chi connectivity index (χ1n) is 16.8. The molecule has 2 heterocycles. The fraction of sp³-hybridized carbons (Fsp3) is 0. The van der Waals surface area contributed by atoms with Crippen molar-refractivity contribution in [1.29, 1.82) is 0 Å². The Labute approximate surface area is 275 Å². The molecule has 0 saturated heterocycles. The van der Waals surface area contributed by atoms with Crippen molar-refractivity contribution in [3.05, 3.63) is 151 Å². The minimum absolute atomic E-state index is 0.00754. The van der Waals surface area contributed by atoms with Gasteiger partial charge in [0, 0.05) is 21.9 Å². The molecular formula is C41H24ClN3O. The third kappa shape index (κ3) is 4.68. The minimum Gasteiger partial charge on any atom is -0.456 e. The Kier molecular flexibility index (Phi) is 5.24. The van der Waals surface area contributed by atoms with E-state index in [1.54, 1.807) is 0 Å². The van der Waals surface area contributed by atoms with E-state index >= 15 is 0 Å². The van der Waals surface area contributed by atoms with Gasteiger partial charge >= 0.3 is 0 Å². The lowest BCUT2D eigenvalue weighted by Gasteiger charge is -2.10. The molecule has 0 bridgehead atoms. The van der Waals surface area contributed by atoms with Crippen molar-refractivity contribution in [2.24, 2.45) is 0 Å². The Morgan fingerprint density at radius 1 is 0.478 bits per heavy atom. The van der Waals surface area contributed by atoms with E-state index in [0.717, 1.165) is 38.3 Å². The molecule has 0 aliphatic heterocycles. The summed E-state index contributed by atoms with van der Waals surface area (Å²) in [5, 5.41) is 5.99. The van der Waals surface area contributed by atoms with Gasteiger partial charge in [0.1, 0.15) is 11.2 Å². The molecule has 216 valence electrons. The first-order chi connectivity index (χ1) is 24.3. The molecule has 7 aromatic carbocycles. The summed E-state index contributed by atoms with van der Waals surface area (Å²) < 4.78 is 41.6. The topological polar surface area (TPSA) is 51.8 Å². The van der Waals surface area contributed by atoms with E-state index in [0.29, 0.717) is 16.7 Å². The van der Waals surface area contributed by atoms with Gasteiger partial charge in [0.2, 0.25) is 5.28 Å². The summed E-state index contributed by atoms with van der Waals surface area (Å²) >= 11 is 6.44. The number of benzene rings is 7. The van der Waals surface area contributed by atoms with E-state index in [2.05, 4.69) is 57.4 Å². The predicted octanol–water partition coefficient (Wildman–Crippen LogP) is 11.4. The number of hydrogen-bond donors (Lipinski definition) is 0. The third-order valence-electron chi connectivity index (χ3n) is 8.30. The molecule has 2 aromatic heterocycles. The summed E-state index contributed by atoms with van der Waals surface area (Å²) in [4.78, 5) is 13.3. The van der Waals surface area contributed by atoms with E-state index in [4.69, 9.17) is 20.1 Å². The van der Waals surface area contributed by atoms with Crippen LogP contribution in [0.4, 0.5) is 0 Å². The number of furan rings is 1. The molecule has 4 nitrogen and oxygen atoms in total. The molecule has 0 fully saturated rings. The fourth-order valence-electron chi connectivity index (χ4n) is 6.01. The molecule has 5 heteroatoms. The standard InChI is InChI=1S/C41H24ClN3O/c42-41-44-39(43-40(45-41)34-18-19-38-36(24-34)35-10-3-4-11-37(35)46-38)33-9-5-8-27(23-33)28-14-15-32-22-31(17-16-30(32)21-28)29-13-12-25-6-1-2-7-26(25)20-29/h1-24H/i5D,8D,9D,23D. The molecule has 0 unspecified atom stereocenters. The maximum atomic E-state index is 9.26. The highest BCUT2D eigenvalue weighted by atomic mass is 35.5. The highest BCUT2D eigenvalue weighted by molar-refractivity contribution is 6.28. The zero-order valence-corrected chi connectivity index (χ0v) is 24.9. The lowest BCUT2D eigenvalue weighted by molar-refractivity contribution is 0.669. The first-order valence-corrected chi connectivity index (χ1v) is 15.2.